The van der Waals surface area contributed by atoms with E-state index < -0.39 is 0 Å². The Labute approximate surface area is 311 Å². The Morgan fingerprint density at radius 1 is 0.623 bits per heavy atom. The Morgan fingerprint density at radius 2 is 1.25 bits per heavy atom. The van der Waals surface area contributed by atoms with Crippen molar-refractivity contribution in [1.82, 2.24) is 4.57 Å². The number of nitrogens with zero attached hydrogens (tertiary/aromatic N) is 3. The van der Waals surface area contributed by atoms with E-state index in [1.165, 1.54) is 66.4 Å². The Bertz CT molecular complexity index is 2680. The molecular weight excluding hydrogens is 643 g/mol. The van der Waals surface area contributed by atoms with Crippen LogP contribution in [0.2, 0.25) is 0 Å². The van der Waals surface area contributed by atoms with Crippen LogP contribution in [0.3, 0.4) is 0 Å². The van der Waals surface area contributed by atoms with Gasteiger partial charge in [-0.2, -0.15) is 5.26 Å². The molecule has 0 saturated heterocycles. The average Bonchev–Trinajstić information content (AvgIpc) is 3.74. The highest BCUT2D eigenvalue weighted by molar-refractivity contribution is 6.15. The molecule has 4 unspecified atom stereocenters. The molecule has 0 bridgehead atoms. The fourth-order valence-electron chi connectivity index (χ4n) is 9.60. The predicted octanol–water partition coefficient (Wildman–Crippen LogP) is 12.4. The number of hydrogen-bond acceptors (Lipinski definition) is 2. The SMILES string of the molecule is CC1C=CC=C(C#N)C1N1c2c(-c3ccccc3-c3ccccc3-c3cccc4c5ccccc5n(-c5ccccc5)c34)cccc2C2C=CCCC21. The number of allylic oxidation sites excluding steroid dienone is 3. The first-order valence-electron chi connectivity index (χ1n) is 18.9. The van der Waals surface area contributed by atoms with E-state index in [1.807, 2.05) is 6.08 Å². The Morgan fingerprint density at radius 3 is 2.02 bits per heavy atom. The van der Waals surface area contributed by atoms with Crippen molar-refractivity contribution in [1.29, 1.82) is 5.26 Å². The molecule has 53 heavy (non-hydrogen) atoms. The van der Waals surface area contributed by atoms with Crippen LogP contribution in [-0.2, 0) is 0 Å². The minimum absolute atomic E-state index is 0.0108. The van der Waals surface area contributed by atoms with Gasteiger partial charge in [-0.1, -0.05) is 153 Å². The van der Waals surface area contributed by atoms with Crippen LogP contribution in [-0.4, -0.2) is 16.7 Å². The van der Waals surface area contributed by atoms with Crippen LogP contribution in [0.15, 0.2) is 175 Å². The normalized spacial score (nSPS) is 20.3. The molecule has 6 aromatic carbocycles. The lowest BCUT2D eigenvalue weighted by atomic mass is 9.84. The molecule has 10 rings (SSSR count). The maximum absolute atomic E-state index is 10.4. The van der Waals surface area contributed by atoms with Crippen molar-refractivity contribution in [3.05, 3.63) is 181 Å². The van der Waals surface area contributed by atoms with E-state index in [0.29, 0.717) is 12.0 Å². The second-order valence-electron chi connectivity index (χ2n) is 14.7. The number of nitriles is 1. The third-order valence-electron chi connectivity index (χ3n) is 11.8. The van der Waals surface area contributed by atoms with Crippen LogP contribution < -0.4 is 4.90 Å². The first-order valence-corrected chi connectivity index (χ1v) is 18.9. The fraction of sp³-hybridized carbons (Fsp3) is 0.140. The summed E-state index contributed by atoms with van der Waals surface area (Å²) in [6, 6.07) is 53.9. The molecule has 0 radical (unpaired) electrons. The van der Waals surface area contributed by atoms with Crippen molar-refractivity contribution in [3.8, 4) is 45.1 Å². The lowest BCUT2D eigenvalue weighted by Gasteiger charge is -2.41. The van der Waals surface area contributed by atoms with Crippen LogP contribution in [0.1, 0.15) is 31.2 Å². The lowest BCUT2D eigenvalue weighted by Crippen LogP contribution is -2.47. The maximum atomic E-state index is 10.4. The molecule has 0 saturated carbocycles. The first kappa shape index (κ1) is 31.4. The minimum atomic E-state index is -0.0108. The van der Waals surface area contributed by atoms with Gasteiger partial charge in [-0.15, -0.1) is 0 Å². The second-order valence-corrected chi connectivity index (χ2v) is 14.7. The summed E-state index contributed by atoms with van der Waals surface area (Å²) in [5, 5.41) is 12.9. The molecule has 0 fully saturated rings. The summed E-state index contributed by atoms with van der Waals surface area (Å²) < 4.78 is 2.43. The van der Waals surface area contributed by atoms with Crippen molar-refractivity contribution in [2.24, 2.45) is 5.92 Å². The van der Waals surface area contributed by atoms with Gasteiger partial charge in [-0.05, 0) is 70.9 Å². The Kier molecular flexibility index (Phi) is 7.51. The van der Waals surface area contributed by atoms with E-state index in [9.17, 15) is 5.26 Å². The molecule has 2 aliphatic carbocycles. The number of aromatic nitrogens is 1. The molecule has 3 nitrogen and oxygen atoms in total. The van der Waals surface area contributed by atoms with Gasteiger partial charge in [0.2, 0.25) is 0 Å². The summed E-state index contributed by atoms with van der Waals surface area (Å²) in [5.74, 6) is 0.516. The molecule has 0 spiro atoms. The lowest BCUT2D eigenvalue weighted by molar-refractivity contribution is 0.454. The van der Waals surface area contributed by atoms with E-state index in [1.54, 1.807) is 0 Å². The van der Waals surface area contributed by atoms with Gasteiger partial charge in [0, 0.05) is 45.2 Å². The fourth-order valence-corrected chi connectivity index (χ4v) is 9.60. The summed E-state index contributed by atoms with van der Waals surface area (Å²) in [6.07, 6.45) is 13.3. The van der Waals surface area contributed by atoms with Crippen molar-refractivity contribution in [3.63, 3.8) is 0 Å². The number of para-hydroxylation sites is 4. The Balaban J connectivity index is 1.21. The average molecular weight is 682 g/mol. The van der Waals surface area contributed by atoms with E-state index in [0.717, 1.165) is 24.1 Å². The predicted molar refractivity (Wildman–Crippen MR) is 220 cm³/mol. The van der Waals surface area contributed by atoms with Gasteiger partial charge < -0.3 is 9.47 Å². The van der Waals surface area contributed by atoms with Crippen LogP contribution in [0, 0.1) is 17.2 Å². The summed E-state index contributed by atoms with van der Waals surface area (Å²) in [4.78, 5) is 2.64. The highest BCUT2D eigenvalue weighted by Crippen LogP contribution is 2.54. The summed E-state index contributed by atoms with van der Waals surface area (Å²) in [5.41, 5.74) is 14.3. The molecule has 1 aromatic heterocycles. The molecule has 0 N–H and O–H groups in total. The summed E-state index contributed by atoms with van der Waals surface area (Å²) in [6.45, 7) is 2.26. The van der Waals surface area contributed by atoms with Crippen molar-refractivity contribution in [2.75, 3.05) is 4.90 Å². The molecule has 3 aliphatic rings. The summed E-state index contributed by atoms with van der Waals surface area (Å²) >= 11 is 0. The molecule has 1 aliphatic heterocycles. The van der Waals surface area contributed by atoms with Crippen molar-refractivity contribution >= 4 is 27.5 Å². The highest BCUT2D eigenvalue weighted by atomic mass is 15.2. The van der Waals surface area contributed by atoms with Gasteiger partial charge in [0.1, 0.15) is 0 Å². The van der Waals surface area contributed by atoms with E-state index in [2.05, 4.69) is 186 Å². The number of fused-ring (bicyclic) bond motifs is 6. The molecular formula is C50H39N3. The van der Waals surface area contributed by atoms with E-state index >= 15 is 0 Å². The van der Waals surface area contributed by atoms with Gasteiger partial charge in [0.25, 0.3) is 0 Å². The smallest absolute Gasteiger partial charge is 0.0969 e. The van der Waals surface area contributed by atoms with Crippen molar-refractivity contribution in [2.45, 2.75) is 37.8 Å². The third kappa shape index (κ3) is 4.86. The van der Waals surface area contributed by atoms with Crippen molar-refractivity contribution < 1.29 is 0 Å². The molecule has 2 heterocycles. The molecule has 3 heteroatoms. The van der Waals surface area contributed by atoms with E-state index in [-0.39, 0.29) is 12.0 Å². The molecule has 4 atom stereocenters. The minimum Gasteiger partial charge on any atom is -0.358 e. The Hall–Kier alpha value is -6.37. The summed E-state index contributed by atoms with van der Waals surface area (Å²) in [7, 11) is 0. The molecule has 0 amide bonds. The number of hydrogen-bond donors (Lipinski definition) is 0. The number of benzene rings is 6. The number of rotatable bonds is 5. The topological polar surface area (TPSA) is 32.0 Å². The van der Waals surface area contributed by atoms with Gasteiger partial charge in [-0.3, -0.25) is 0 Å². The van der Waals surface area contributed by atoms with Crippen LogP contribution in [0.25, 0.3) is 60.9 Å². The first-order chi connectivity index (χ1) is 26.2. The van der Waals surface area contributed by atoms with Crippen LogP contribution in [0.4, 0.5) is 5.69 Å². The van der Waals surface area contributed by atoms with Crippen LogP contribution >= 0.6 is 0 Å². The molecule has 7 aromatic rings. The van der Waals surface area contributed by atoms with Gasteiger partial charge >= 0.3 is 0 Å². The largest absolute Gasteiger partial charge is 0.358 e. The quantitative estimate of drug-likeness (QED) is 0.169. The zero-order valence-corrected chi connectivity index (χ0v) is 29.7. The molecule has 254 valence electrons. The zero-order valence-electron chi connectivity index (χ0n) is 29.7. The van der Waals surface area contributed by atoms with Crippen LogP contribution in [0.5, 0.6) is 0 Å². The van der Waals surface area contributed by atoms with Gasteiger partial charge in [-0.25, -0.2) is 0 Å². The zero-order chi connectivity index (χ0) is 35.5. The van der Waals surface area contributed by atoms with Gasteiger partial charge in [0.05, 0.1) is 28.7 Å². The van der Waals surface area contributed by atoms with Gasteiger partial charge in [0.15, 0.2) is 0 Å². The number of anilines is 1. The third-order valence-corrected chi connectivity index (χ3v) is 11.8. The maximum Gasteiger partial charge on any atom is 0.0969 e. The second kappa shape index (κ2) is 12.7. The highest BCUT2D eigenvalue weighted by Gasteiger charge is 2.45. The standard InChI is InChI=1S/C50H39N3/c1-33-16-13-17-34(32-51)48(33)53-47-31-12-10-25-41(47)45-29-15-27-43(50(45)53)39-23-8-6-21-37(39)36-20-5-7-22-38(36)42-26-14-28-44-40-24-9-11-30-46(40)52(49(42)44)35-18-3-2-4-19-35/h2-11,13-30,33,41,47-48H,12,31H2,1H3. The monoisotopic (exact) mass is 681 g/mol. The van der Waals surface area contributed by atoms with E-state index in [4.69, 9.17) is 0 Å².